The second kappa shape index (κ2) is 11.1. The van der Waals surface area contributed by atoms with Crippen molar-refractivity contribution in [2.24, 2.45) is 7.05 Å². The lowest BCUT2D eigenvalue weighted by atomic mass is 10.0. The lowest BCUT2D eigenvalue weighted by Crippen LogP contribution is -2.42. The van der Waals surface area contributed by atoms with E-state index in [2.05, 4.69) is 76.8 Å². The van der Waals surface area contributed by atoms with Crippen molar-refractivity contribution < 1.29 is 9.53 Å². The summed E-state index contributed by atoms with van der Waals surface area (Å²) in [5.74, 6) is 0.770. The van der Waals surface area contributed by atoms with E-state index >= 15 is 0 Å². The number of ether oxygens (including phenoxy) is 1. The molecule has 0 atom stereocenters. The fourth-order valence-electron chi connectivity index (χ4n) is 5.57. The van der Waals surface area contributed by atoms with E-state index in [1.165, 1.54) is 17.3 Å². The van der Waals surface area contributed by atoms with Gasteiger partial charge >= 0.3 is 0 Å². The van der Waals surface area contributed by atoms with Gasteiger partial charge in [0.25, 0.3) is 0 Å². The minimum atomic E-state index is -0.274. The van der Waals surface area contributed by atoms with Gasteiger partial charge in [-0.25, -0.2) is 9.50 Å². The van der Waals surface area contributed by atoms with Crippen LogP contribution in [0.25, 0.3) is 16.8 Å². The SMILES string of the molecule is C=CC(=O)Nc1cc(Nc2ncc3ccc(-c4c(C)cn(C)c4C)n3n2)c(OC)cc1N1CCC(N(C)C)CC1. The summed E-state index contributed by atoms with van der Waals surface area (Å²) in [6, 6.07) is 8.47. The van der Waals surface area contributed by atoms with Crippen LogP contribution < -0.4 is 20.3 Å². The molecule has 0 aliphatic carbocycles. The van der Waals surface area contributed by atoms with Crippen LogP contribution in [0.2, 0.25) is 0 Å². The van der Waals surface area contributed by atoms with Crippen molar-refractivity contribution in [1.82, 2.24) is 24.1 Å². The van der Waals surface area contributed by atoms with Crippen molar-refractivity contribution in [2.45, 2.75) is 32.7 Å². The van der Waals surface area contributed by atoms with Crippen LogP contribution in [0.3, 0.4) is 0 Å². The second-order valence-electron chi connectivity index (χ2n) is 10.6. The van der Waals surface area contributed by atoms with Gasteiger partial charge < -0.3 is 29.7 Å². The van der Waals surface area contributed by atoms with Crippen LogP contribution in [0, 0.1) is 13.8 Å². The number of hydrogen-bond acceptors (Lipinski definition) is 7. The number of aryl methyl sites for hydroxylation is 2. The molecule has 1 fully saturated rings. The monoisotopic (exact) mass is 542 g/mol. The number of anilines is 4. The lowest BCUT2D eigenvalue weighted by molar-refractivity contribution is -0.111. The number of hydrogen-bond donors (Lipinski definition) is 2. The first-order valence-electron chi connectivity index (χ1n) is 13.5. The number of carbonyl (C=O) groups excluding carboxylic acids is 1. The van der Waals surface area contributed by atoms with E-state index in [1.807, 2.05) is 29.8 Å². The molecule has 10 nitrogen and oxygen atoms in total. The van der Waals surface area contributed by atoms with Gasteiger partial charge in [0.2, 0.25) is 11.9 Å². The van der Waals surface area contributed by atoms with E-state index in [-0.39, 0.29) is 5.91 Å². The van der Waals surface area contributed by atoms with Gasteiger partial charge in [-0.15, -0.1) is 5.10 Å². The molecule has 1 aliphatic heterocycles. The molecular formula is C30H38N8O2. The van der Waals surface area contributed by atoms with E-state index < -0.39 is 0 Å². The zero-order valence-electron chi connectivity index (χ0n) is 24.2. The molecule has 4 aromatic rings. The third-order valence-corrected chi connectivity index (χ3v) is 7.87. The van der Waals surface area contributed by atoms with E-state index in [9.17, 15) is 4.79 Å². The molecule has 210 valence electrons. The maximum Gasteiger partial charge on any atom is 0.247 e. The molecule has 1 amide bonds. The van der Waals surface area contributed by atoms with Gasteiger partial charge in [-0.05, 0) is 70.6 Å². The van der Waals surface area contributed by atoms with Crippen LogP contribution in [-0.2, 0) is 11.8 Å². The molecule has 1 aliphatic rings. The Hall–Kier alpha value is -4.31. The molecule has 10 heteroatoms. The highest BCUT2D eigenvalue weighted by molar-refractivity contribution is 6.02. The van der Waals surface area contributed by atoms with Crippen molar-refractivity contribution in [1.29, 1.82) is 0 Å². The van der Waals surface area contributed by atoms with Gasteiger partial charge in [0.1, 0.15) is 5.75 Å². The summed E-state index contributed by atoms with van der Waals surface area (Å²) in [6.07, 6.45) is 7.27. The summed E-state index contributed by atoms with van der Waals surface area (Å²) in [5, 5.41) is 11.1. The Kier molecular flexibility index (Phi) is 7.53. The Balaban J connectivity index is 1.51. The molecule has 0 bridgehead atoms. The van der Waals surface area contributed by atoms with Crippen molar-refractivity contribution in [2.75, 3.05) is 49.8 Å². The predicted molar refractivity (Wildman–Crippen MR) is 161 cm³/mol. The van der Waals surface area contributed by atoms with Crippen molar-refractivity contribution >= 4 is 34.4 Å². The molecule has 5 rings (SSSR count). The Morgan fingerprint density at radius 1 is 1.18 bits per heavy atom. The Labute approximate surface area is 235 Å². The molecule has 0 unspecified atom stereocenters. The molecule has 0 radical (unpaired) electrons. The number of piperidine rings is 1. The normalized spacial score (nSPS) is 14.1. The number of amides is 1. The summed E-state index contributed by atoms with van der Waals surface area (Å²) in [5.41, 5.74) is 7.63. The van der Waals surface area contributed by atoms with Gasteiger partial charge in [0.15, 0.2) is 0 Å². The molecule has 0 spiro atoms. The highest BCUT2D eigenvalue weighted by Crippen LogP contribution is 2.39. The lowest BCUT2D eigenvalue weighted by Gasteiger charge is -2.37. The smallest absolute Gasteiger partial charge is 0.247 e. The highest BCUT2D eigenvalue weighted by atomic mass is 16.5. The molecule has 2 N–H and O–H groups in total. The maximum absolute atomic E-state index is 12.4. The van der Waals surface area contributed by atoms with E-state index in [0.29, 0.717) is 29.1 Å². The Morgan fingerprint density at radius 2 is 1.93 bits per heavy atom. The standard InChI is InChI=1S/C30H38N8O2/c1-8-28(39)32-23-15-24(27(40-7)16-26(23)37-13-11-21(12-14-37)35(4)5)33-30-31-17-22-9-10-25(38(22)34-30)29-19(2)18-36(6)20(29)3/h8-10,15-18,21H,1,11-14H2,2-7H3,(H,32,39)(H,33,34). The second-order valence-corrected chi connectivity index (χ2v) is 10.6. The molecule has 4 heterocycles. The van der Waals surface area contributed by atoms with Gasteiger partial charge in [0, 0.05) is 49.7 Å². The highest BCUT2D eigenvalue weighted by Gasteiger charge is 2.24. The molecule has 3 aromatic heterocycles. The minimum absolute atomic E-state index is 0.274. The first-order chi connectivity index (χ1) is 19.2. The van der Waals surface area contributed by atoms with Crippen LogP contribution >= 0.6 is 0 Å². The predicted octanol–water partition coefficient (Wildman–Crippen LogP) is 4.76. The number of nitrogens with one attached hydrogen (secondary N) is 2. The van der Waals surface area contributed by atoms with Gasteiger partial charge in [-0.3, -0.25) is 4.79 Å². The first-order valence-corrected chi connectivity index (χ1v) is 13.5. The third kappa shape index (κ3) is 5.14. The Bertz CT molecular complexity index is 1560. The number of aromatic nitrogens is 4. The average molecular weight is 543 g/mol. The van der Waals surface area contributed by atoms with E-state index in [0.717, 1.165) is 48.4 Å². The van der Waals surface area contributed by atoms with Crippen molar-refractivity contribution in [3.63, 3.8) is 0 Å². The van der Waals surface area contributed by atoms with Gasteiger partial charge in [0.05, 0.1) is 41.6 Å². The summed E-state index contributed by atoms with van der Waals surface area (Å²) < 4.78 is 9.83. The number of fused-ring (bicyclic) bond motifs is 1. The molecule has 1 saturated heterocycles. The number of rotatable bonds is 8. The van der Waals surface area contributed by atoms with Gasteiger partial charge in [-0.2, -0.15) is 0 Å². The molecule has 0 saturated carbocycles. The largest absolute Gasteiger partial charge is 0.494 e. The molecule has 1 aromatic carbocycles. The van der Waals surface area contributed by atoms with Crippen LogP contribution in [0.5, 0.6) is 5.75 Å². The van der Waals surface area contributed by atoms with Crippen LogP contribution in [0.1, 0.15) is 24.1 Å². The van der Waals surface area contributed by atoms with Crippen LogP contribution in [-0.4, -0.2) is 70.3 Å². The average Bonchev–Trinajstić information content (AvgIpc) is 3.46. The number of benzene rings is 1. The van der Waals surface area contributed by atoms with Crippen molar-refractivity contribution in [3.05, 3.63) is 60.6 Å². The zero-order valence-corrected chi connectivity index (χ0v) is 24.2. The van der Waals surface area contributed by atoms with Crippen LogP contribution in [0.15, 0.2) is 49.3 Å². The van der Waals surface area contributed by atoms with Crippen molar-refractivity contribution in [3.8, 4) is 17.0 Å². The summed E-state index contributed by atoms with van der Waals surface area (Å²) in [4.78, 5) is 21.5. The summed E-state index contributed by atoms with van der Waals surface area (Å²) in [7, 11) is 7.93. The number of carbonyl (C=O) groups is 1. The van der Waals surface area contributed by atoms with E-state index in [4.69, 9.17) is 9.84 Å². The zero-order chi connectivity index (χ0) is 28.6. The molecular weight excluding hydrogens is 504 g/mol. The number of nitrogens with zero attached hydrogens (tertiary/aromatic N) is 6. The topological polar surface area (TPSA) is 92.0 Å². The fourth-order valence-corrected chi connectivity index (χ4v) is 5.57. The number of methoxy groups -OCH3 is 1. The quantitative estimate of drug-likeness (QED) is 0.310. The summed E-state index contributed by atoms with van der Waals surface area (Å²) in [6.45, 7) is 9.60. The fraction of sp³-hybridized carbons (Fsp3) is 0.367. The minimum Gasteiger partial charge on any atom is -0.494 e. The summed E-state index contributed by atoms with van der Waals surface area (Å²) >= 11 is 0. The maximum atomic E-state index is 12.4. The van der Waals surface area contributed by atoms with Crippen LogP contribution in [0.4, 0.5) is 23.0 Å². The molecule has 40 heavy (non-hydrogen) atoms. The third-order valence-electron chi connectivity index (χ3n) is 7.87. The van der Waals surface area contributed by atoms with Gasteiger partial charge in [-0.1, -0.05) is 6.58 Å². The van der Waals surface area contributed by atoms with E-state index in [1.54, 1.807) is 13.3 Å². The first kappa shape index (κ1) is 27.3. The Morgan fingerprint density at radius 3 is 2.55 bits per heavy atom.